The molecule has 5 nitrogen and oxygen atoms in total. The van der Waals surface area contributed by atoms with Crippen molar-refractivity contribution in [3.63, 3.8) is 0 Å². The average Bonchev–Trinajstić information content (AvgIpc) is 2.87. The molecule has 1 aliphatic carbocycles. The minimum Gasteiger partial charge on any atom is -0.396 e. The van der Waals surface area contributed by atoms with Gasteiger partial charge in [0.1, 0.15) is 6.26 Å². The Morgan fingerprint density at radius 3 is 3.20 bits per heavy atom. The lowest BCUT2D eigenvalue weighted by molar-refractivity contribution is 0.0907. The molecule has 0 aliphatic heterocycles. The highest BCUT2D eigenvalue weighted by molar-refractivity contribution is 5.92. The van der Waals surface area contributed by atoms with Gasteiger partial charge in [-0.15, -0.1) is 0 Å². The number of carbonyl (C=O) groups excluding carboxylic acids is 1. The summed E-state index contributed by atoms with van der Waals surface area (Å²) in [5.41, 5.74) is 0.290. The second kappa shape index (κ2) is 4.44. The molecule has 0 aromatic carbocycles. The predicted octanol–water partition coefficient (Wildman–Crippen LogP) is 0.565. The van der Waals surface area contributed by atoms with Crippen LogP contribution in [0.3, 0.4) is 0 Å². The maximum atomic E-state index is 11.6. The molecule has 82 valence electrons. The van der Waals surface area contributed by atoms with E-state index in [2.05, 4.69) is 15.0 Å². The summed E-state index contributed by atoms with van der Waals surface area (Å²) in [6.45, 7) is 0.129. The molecule has 0 radical (unpaired) electrons. The van der Waals surface area contributed by atoms with Gasteiger partial charge in [-0.1, -0.05) is 11.6 Å². The van der Waals surface area contributed by atoms with Crippen molar-refractivity contribution < 1.29 is 14.4 Å². The number of carbonyl (C=O) groups is 1. The smallest absolute Gasteiger partial charge is 0.273 e. The summed E-state index contributed by atoms with van der Waals surface area (Å²) in [4.78, 5) is 11.6. The summed E-state index contributed by atoms with van der Waals surface area (Å²) in [5.74, 6) is -0.0463. The summed E-state index contributed by atoms with van der Waals surface area (Å²) in [7, 11) is 0. The second-order valence-corrected chi connectivity index (χ2v) is 3.84. The van der Waals surface area contributed by atoms with Gasteiger partial charge >= 0.3 is 0 Å². The number of aromatic nitrogens is 1. The monoisotopic (exact) mass is 210 g/mol. The van der Waals surface area contributed by atoms with E-state index in [0.717, 1.165) is 19.3 Å². The van der Waals surface area contributed by atoms with Gasteiger partial charge in [-0.05, 0) is 12.8 Å². The van der Waals surface area contributed by atoms with Crippen LogP contribution in [-0.4, -0.2) is 28.8 Å². The molecule has 1 amide bonds. The highest BCUT2D eigenvalue weighted by atomic mass is 16.5. The highest BCUT2D eigenvalue weighted by Crippen LogP contribution is 2.25. The quantitative estimate of drug-likeness (QED) is 0.764. The van der Waals surface area contributed by atoms with E-state index >= 15 is 0 Å². The van der Waals surface area contributed by atoms with E-state index in [4.69, 9.17) is 5.11 Å². The molecule has 2 rings (SSSR count). The van der Waals surface area contributed by atoms with Crippen molar-refractivity contribution >= 4 is 5.91 Å². The van der Waals surface area contributed by atoms with Crippen LogP contribution >= 0.6 is 0 Å². The number of nitrogens with one attached hydrogen (secondary N) is 1. The summed E-state index contributed by atoms with van der Waals surface area (Å²) in [6, 6.07) is 1.59. The lowest BCUT2D eigenvalue weighted by Gasteiger charge is -2.17. The Labute approximate surface area is 87.5 Å². The van der Waals surface area contributed by atoms with Crippen LogP contribution in [0.4, 0.5) is 0 Å². The van der Waals surface area contributed by atoms with Gasteiger partial charge in [0.25, 0.3) is 5.91 Å². The third-order valence-electron chi connectivity index (χ3n) is 2.88. The summed E-state index contributed by atoms with van der Waals surface area (Å²) in [6.07, 6.45) is 4.32. The maximum absolute atomic E-state index is 11.6. The van der Waals surface area contributed by atoms with Crippen molar-refractivity contribution in [2.24, 2.45) is 5.92 Å². The lowest BCUT2D eigenvalue weighted by atomic mass is 10.1. The molecule has 2 atom stereocenters. The zero-order valence-corrected chi connectivity index (χ0v) is 8.35. The number of nitrogens with zero attached hydrogens (tertiary/aromatic N) is 1. The summed E-state index contributed by atoms with van der Waals surface area (Å²) in [5, 5.41) is 15.5. The normalized spacial score (nSPS) is 25.4. The number of hydrogen-bond donors (Lipinski definition) is 2. The van der Waals surface area contributed by atoms with Crippen molar-refractivity contribution in [1.29, 1.82) is 0 Å². The largest absolute Gasteiger partial charge is 0.396 e. The van der Waals surface area contributed by atoms with Crippen LogP contribution in [0, 0.1) is 5.92 Å². The van der Waals surface area contributed by atoms with E-state index < -0.39 is 0 Å². The van der Waals surface area contributed by atoms with Gasteiger partial charge in [0.05, 0.1) is 0 Å². The number of amides is 1. The second-order valence-electron chi connectivity index (χ2n) is 3.84. The van der Waals surface area contributed by atoms with Gasteiger partial charge in [0.15, 0.2) is 5.69 Å². The van der Waals surface area contributed by atoms with Gasteiger partial charge in [-0.2, -0.15) is 0 Å². The minimum absolute atomic E-state index is 0.0687. The van der Waals surface area contributed by atoms with E-state index in [1.165, 1.54) is 12.3 Å². The molecule has 1 aliphatic rings. The Balaban J connectivity index is 1.94. The Hall–Kier alpha value is -1.36. The number of aliphatic hydroxyl groups excluding tert-OH is 1. The van der Waals surface area contributed by atoms with Crippen LogP contribution in [-0.2, 0) is 0 Å². The molecule has 1 aromatic rings. The van der Waals surface area contributed by atoms with Crippen LogP contribution in [0.5, 0.6) is 0 Å². The van der Waals surface area contributed by atoms with Crippen molar-refractivity contribution in [3.8, 4) is 0 Å². The molecular formula is C10H14N2O3. The van der Waals surface area contributed by atoms with Crippen molar-refractivity contribution in [3.05, 3.63) is 18.0 Å². The standard InChI is InChI=1S/C10H14N2O3/c13-6-7-2-1-3-8(7)11-10(14)9-4-5-15-12-9/h4-5,7-8,13H,1-3,6H2,(H,11,14). The van der Waals surface area contributed by atoms with E-state index in [9.17, 15) is 4.79 Å². The number of aliphatic hydroxyl groups is 1. The van der Waals surface area contributed by atoms with Gasteiger partial charge in [0.2, 0.25) is 0 Å². The first kappa shape index (κ1) is 10.2. The molecule has 1 saturated carbocycles. The summed E-state index contributed by atoms with van der Waals surface area (Å²) < 4.78 is 4.59. The average molecular weight is 210 g/mol. The zero-order chi connectivity index (χ0) is 10.7. The van der Waals surface area contributed by atoms with Crippen LogP contribution in [0.1, 0.15) is 29.8 Å². The SMILES string of the molecule is O=C(NC1CCCC1CO)c1ccon1. The van der Waals surface area contributed by atoms with E-state index in [0.29, 0.717) is 5.69 Å². The third kappa shape index (κ3) is 2.18. The van der Waals surface area contributed by atoms with E-state index in [-0.39, 0.29) is 24.5 Å². The van der Waals surface area contributed by atoms with E-state index in [1.807, 2.05) is 0 Å². The van der Waals surface area contributed by atoms with Gasteiger partial charge < -0.3 is 14.9 Å². The molecule has 1 aromatic heterocycles. The van der Waals surface area contributed by atoms with Crippen molar-refractivity contribution in [2.75, 3.05) is 6.61 Å². The molecule has 2 unspecified atom stereocenters. The van der Waals surface area contributed by atoms with E-state index in [1.54, 1.807) is 0 Å². The van der Waals surface area contributed by atoms with Crippen LogP contribution < -0.4 is 5.32 Å². The van der Waals surface area contributed by atoms with Gasteiger partial charge in [-0.25, -0.2) is 0 Å². The van der Waals surface area contributed by atoms with Gasteiger partial charge in [0, 0.05) is 24.6 Å². The fourth-order valence-electron chi connectivity index (χ4n) is 2.02. The molecule has 1 heterocycles. The Kier molecular flexibility index (Phi) is 3.01. The fraction of sp³-hybridized carbons (Fsp3) is 0.600. The molecule has 0 spiro atoms. The molecule has 2 N–H and O–H groups in total. The number of hydrogen-bond acceptors (Lipinski definition) is 4. The van der Waals surface area contributed by atoms with Crippen LogP contribution in [0.2, 0.25) is 0 Å². The lowest BCUT2D eigenvalue weighted by Crippen LogP contribution is -2.38. The van der Waals surface area contributed by atoms with Gasteiger partial charge in [-0.3, -0.25) is 4.79 Å². The molecule has 15 heavy (non-hydrogen) atoms. The molecule has 0 saturated heterocycles. The maximum Gasteiger partial charge on any atom is 0.273 e. The Morgan fingerprint density at radius 1 is 1.67 bits per heavy atom. The van der Waals surface area contributed by atoms with Crippen molar-refractivity contribution in [1.82, 2.24) is 10.5 Å². The zero-order valence-electron chi connectivity index (χ0n) is 8.35. The minimum atomic E-state index is -0.228. The summed E-state index contributed by atoms with van der Waals surface area (Å²) >= 11 is 0. The first-order valence-electron chi connectivity index (χ1n) is 5.13. The highest BCUT2D eigenvalue weighted by Gasteiger charge is 2.28. The first-order chi connectivity index (χ1) is 7.31. The fourth-order valence-corrected chi connectivity index (χ4v) is 2.02. The Morgan fingerprint density at radius 2 is 2.53 bits per heavy atom. The third-order valence-corrected chi connectivity index (χ3v) is 2.88. The first-order valence-corrected chi connectivity index (χ1v) is 5.13. The Bertz CT molecular complexity index is 323. The molecular weight excluding hydrogens is 196 g/mol. The predicted molar refractivity (Wildman–Crippen MR) is 52.2 cm³/mol. The molecule has 5 heteroatoms. The number of rotatable bonds is 3. The topological polar surface area (TPSA) is 75.4 Å². The van der Waals surface area contributed by atoms with Crippen LogP contribution in [0.25, 0.3) is 0 Å². The molecule has 1 fully saturated rings. The van der Waals surface area contributed by atoms with Crippen LogP contribution in [0.15, 0.2) is 16.9 Å². The molecule has 0 bridgehead atoms. The van der Waals surface area contributed by atoms with Crippen molar-refractivity contribution in [2.45, 2.75) is 25.3 Å².